The minimum absolute atomic E-state index is 0.0774. The van der Waals surface area contributed by atoms with Gasteiger partial charge >= 0.3 is 5.97 Å². The Hall–Kier alpha value is -2.33. The molecule has 0 bridgehead atoms. The molecule has 1 amide bonds. The van der Waals surface area contributed by atoms with Gasteiger partial charge in [0.1, 0.15) is 16.9 Å². The number of anilines is 1. The maximum absolute atomic E-state index is 13.3. The van der Waals surface area contributed by atoms with Crippen molar-refractivity contribution in [1.82, 2.24) is 0 Å². The molecule has 20 heavy (non-hydrogen) atoms. The molecule has 0 aromatic heterocycles. The van der Waals surface area contributed by atoms with E-state index in [1.807, 2.05) is 0 Å². The van der Waals surface area contributed by atoms with Gasteiger partial charge in [0, 0.05) is 0 Å². The number of ether oxygens (including phenoxy) is 1. The number of carbonyl (C=O) groups excluding carboxylic acids is 2. The van der Waals surface area contributed by atoms with E-state index < -0.39 is 11.8 Å². The Labute approximate surface area is 118 Å². The molecule has 0 aliphatic carbocycles. The summed E-state index contributed by atoms with van der Waals surface area (Å²) < 4.78 is 17.8. The van der Waals surface area contributed by atoms with Gasteiger partial charge in [-0.2, -0.15) is 5.26 Å². The molecule has 5 nitrogen and oxygen atoms in total. The van der Waals surface area contributed by atoms with Crippen molar-refractivity contribution < 1.29 is 18.7 Å². The number of thioether (sulfide) groups is 1. The molecule has 2 rings (SSSR count). The third kappa shape index (κ3) is 2.51. The average Bonchev–Trinajstić information content (AvgIpc) is 2.81. The molecule has 0 saturated carbocycles. The molecule has 0 unspecified atom stereocenters. The highest BCUT2D eigenvalue weighted by molar-refractivity contribution is 8.04. The highest BCUT2D eigenvalue weighted by atomic mass is 32.2. The fourth-order valence-electron chi connectivity index (χ4n) is 1.72. The minimum Gasteiger partial charge on any atom is -0.465 e. The van der Waals surface area contributed by atoms with E-state index in [4.69, 9.17) is 5.26 Å². The third-order valence-electron chi connectivity index (χ3n) is 2.57. The minimum atomic E-state index is -0.828. The molecule has 7 heteroatoms. The number of amides is 1. The molecule has 102 valence electrons. The van der Waals surface area contributed by atoms with Crippen LogP contribution in [0.2, 0.25) is 0 Å². The smallest absolute Gasteiger partial charge is 0.351 e. The summed E-state index contributed by atoms with van der Waals surface area (Å²) in [5, 5.41) is 9.22. The molecule has 1 aliphatic heterocycles. The summed E-state index contributed by atoms with van der Waals surface area (Å²) >= 11 is 1.05. The van der Waals surface area contributed by atoms with Crippen LogP contribution in [0.3, 0.4) is 0 Å². The van der Waals surface area contributed by atoms with Gasteiger partial charge in [0.2, 0.25) is 5.91 Å². The summed E-state index contributed by atoms with van der Waals surface area (Å²) in [5.74, 6) is -1.59. The van der Waals surface area contributed by atoms with Gasteiger partial charge in [0.05, 0.1) is 18.6 Å². The molecule has 1 saturated heterocycles. The van der Waals surface area contributed by atoms with Gasteiger partial charge in [-0.15, -0.1) is 0 Å². The first-order valence-electron chi connectivity index (χ1n) is 5.52. The van der Waals surface area contributed by atoms with Gasteiger partial charge in [-0.05, 0) is 18.2 Å². The lowest BCUT2D eigenvalue weighted by molar-refractivity contribution is -0.135. The van der Waals surface area contributed by atoms with Crippen LogP contribution in [0.4, 0.5) is 10.1 Å². The van der Waals surface area contributed by atoms with E-state index in [0.717, 1.165) is 29.8 Å². The van der Waals surface area contributed by atoms with Crippen molar-refractivity contribution in [1.29, 1.82) is 5.26 Å². The summed E-state index contributed by atoms with van der Waals surface area (Å²) in [6.07, 6.45) is 0. The topological polar surface area (TPSA) is 70.4 Å². The largest absolute Gasteiger partial charge is 0.465 e. The quantitative estimate of drug-likeness (QED) is 0.472. The highest BCUT2D eigenvalue weighted by Crippen LogP contribution is 2.36. The molecule has 1 aromatic rings. The molecule has 1 heterocycles. The number of benzene rings is 1. The van der Waals surface area contributed by atoms with E-state index in [1.165, 1.54) is 18.2 Å². The molecule has 0 atom stereocenters. The molecule has 1 aromatic carbocycles. The first-order valence-corrected chi connectivity index (χ1v) is 6.51. The number of carbonyl (C=O) groups is 2. The maximum atomic E-state index is 13.3. The molecule has 0 radical (unpaired) electrons. The Kier molecular flexibility index (Phi) is 4.05. The van der Waals surface area contributed by atoms with Crippen LogP contribution in [0.15, 0.2) is 34.9 Å². The normalized spacial score (nSPS) is 16.9. The molecular weight excluding hydrogens is 283 g/mol. The number of rotatable bonds is 2. The summed E-state index contributed by atoms with van der Waals surface area (Å²) in [5.41, 5.74) is -0.000681. The Morgan fingerprint density at radius 1 is 1.55 bits per heavy atom. The number of esters is 1. The summed E-state index contributed by atoms with van der Waals surface area (Å²) in [7, 11) is 1.15. The summed E-state index contributed by atoms with van der Waals surface area (Å²) in [4.78, 5) is 24.6. The second-order valence-electron chi connectivity index (χ2n) is 3.78. The van der Waals surface area contributed by atoms with Crippen LogP contribution >= 0.6 is 11.8 Å². The lowest BCUT2D eigenvalue weighted by atomic mass is 10.2. The zero-order chi connectivity index (χ0) is 14.7. The van der Waals surface area contributed by atoms with Crippen LogP contribution in [0.1, 0.15) is 0 Å². The molecular formula is C13H9FN2O3S. The second-order valence-corrected chi connectivity index (χ2v) is 4.75. The van der Waals surface area contributed by atoms with Crippen molar-refractivity contribution in [2.24, 2.45) is 0 Å². The van der Waals surface area contributed by atoms with Crippen molar-refractivity contribution in [2.75, 3.05) is 17.8 Å². The monoisotopic (exact) mass is 292 g/mol. The van der Waals surface area contributed by atoms with E-state index in [-0.39, 0.29) is 27.9 Å². The van der Waals surface area contributed by atoms with Crippen LogP contribution in [0.25, 0.3) is 0 Å². The lowest BCUT2D eigenvalue weighted by Crippen LogP contribution is -2.25. The highest BCUT2D eigenvalue weighted by Gasteiger charge is 2.33. The van der Waals surface area contributed by atoms with E-state index in [9.17, 15) is 14.0 Å². The Morgan fingerprint density at radius 2 is 2.30 bits per heavy atom. The predicted octanol–water partition coefficient (Wildman–Crippen LogP) is 1.81. The first-order chi connectivity index (χ1) is 9.58. The second kappa shape index (κ2) is 5.75. The standard InChI is InChI=1S/C13H9FN2O3S/c1-19-13(18)10(6-15)12-16(11(17)7-20-12)9-4-2-3-8(14)5-9/h2-5H,7H2,1H3/b12-10-. The van der Waals surface area contributed by atoms with Crippen LogP contribution in [-0.2, 0) is 14.3 Å². The zero-order valence-electron chi connectivity index (χ0n) is 10.4. The average molecular weight is 292 g/mol. The van der Waals surface area contributed by atoms with Crippen molar-refractivity contribution in [2.45, 2.75) is 0 Å². The van der Waals surface area contributed by atoms with E-state index in [0.29, 0.717) is 0 Å². The van der Waals surface area contributed by atoms with Crippen molar-refractivity contribution in [3.05, 3.63) is 40.7 Å². The number of hydrogen-bond donors (Lipinski definition) is 0. The van der Waals surface area contributed by atoms with Crippen molar-refractivity contribution in [3.63, 3.8) is 0 Å². The Bertz CT molecular complexity index is 651. The molecule has 0 N–H and O–H groups in total. The van der Waals surface area contributed by atoms with Gasteiger partial charge in [0.25, 0.3) is 0 Å². The van der Waals surface area contributed by atoms with Crippen LogP contribution < -0.4 is 4.90 Å². The lowest BCUT2D eigenvalue weighted by Gasteiger charge is -2.17. The van der Waals surface area contributed by atoms with Gasteiger partial charge in [-0.1, -0.05) is 17.8 Å². The van der Waals surface area contributed by atoms with Gasteiger partial charge in [0.15, 0.2) is 5.57 Å². The number of halogens is 1. The van der Waals surface area contributed by atoms with Gasteiger partial charge in [-0.25, -0.2) is 9.18 Å². The maximum Gasteiger partial charge on any atom is 0.351 e. The Balaban J connectivity index is 2.54. The van der Waals surface area contributed by atoms with Gasteiger partial charge < -0.3 is 4.74 Å². The zero-order valence-corrected chi connectivity index (χ0v) is 11.2. The van der Waals surface area contributed by atoms with Gasteiger partial charge in [-0.3, -0.25) is 9.69 Å². The number of hydrogen-bond acceptors (Lipinski definition) is 5. The predicted molar refractivity (Wildman–Crippen MR) is 71.0 cm³/mol. The fraction of sp³-hybridized carbons (Fsp3) is 0.154. The van der Waals surface area contributed by atoms with Crippen LogP contribution in [0, 0.1) is 17.1 Å². The number of nitriles is 1. The van der Waals surface area contributed by atoms with E-state index in [1.54, 1.807) is 6.07 Å². The van der Waals surface area contributed by atoms with Crippen molar-refractivity contribution in [3.8, 4) is 6.07 Å². The first kappa shape index (κ1) is 14.1. The molecule has 1 fully saturated rings. The third-order valence-corrected chi connectivity index (χ3v) is 3.62. The van der Waals surface area contributed by atoms with Crippen LogP contribution in [0.5, 0.6) is 0 Å². The number of methoxy groups -OCH3 is 1. The van der Waals surface area contributed by atoms with E-state index in [2.05, 4.69) is 4.74 Å². The summed E-state index contributed by atoms with van der Waals surface area (Å²) in [6, 6.07) is 7.11. The molecule has 1 aliphatic rings. The summed E-state index contributed by atoms with van der Waals surface area (Å²) in [6.45, 7) is 0. The van der Waals surface area contributed by atoms with E-state index >= 15 is 0 Å². The van der Waals surface area contributed by atoms with Crippen LogP contribution in [-0.4, -0.2) is 24.7 Å². The molecule has 0 spiro atoms. The fourth-order valence-corrected chi connectivity index (χ4v) is 2.71. The number of nitrogens with zero attached hydrogens (tertiary/aromatic N) is 2. The van der Waals surface area contributed by atoms with Crippen molar-refractivity contribution >= 4 is 29.3 Å². The Morgan fingerprint density at radius 3 is 2.90 bits per heavy atom. The SMILES string of the molecule is COC(=O)/C(C#N)=C1\SCC(=O)N1c1cccc(F)c1.